The number of aromatic hydroxyl groups is 1. The molecule has 0 saturated carbocycles. The largest absolute Gasteiger partial charge is 0.508 e. The minimum Gasteiger partial charge on any atom is -0.508 e. The number of carbonyl (C=O) groups is 1. The number of benzene rings is 1. The van der Waals surface area contributed by atoms with E-state index >= 15 is 0 Å². The summed E-state index contributed by atoms with van der Waals surface area (Å²) in [4.78, 5) is 15.5. The zero-order chi connectivity index (χ0) is 14.1. The first-order valence-electron chi connectivity index (χ1n) is 5.75. The van der Waals surface area contributed by atoms with E-state index in [-0.39, 0.29) is 11.7 Å². The standard InChI is InChI=1S/C14H9NO2S3/c16-10-4-1-3-9(7-10)15-13(17)12(20-14(15)18)8-11-5-2-6-19-11/h1-8,16H. The van der Waals surface area contributed by atoms with Gasteiger partial charge >= 0.3 is 0 Å². The summed E-state index contributed by atoms with van der Waals surface area (Å²) in [6, 6.07) is 10.4. The SMILES string of the molecule is O=C1C(=Cc2cccs2)SC(=S)N1c1cccc(O)c1. The number of amides is 1. The molecular weight excluding hydrogens is 310 g/mol. The van der Waals surface area contributed by atoms with Crippen LogP contribution in [0.1, 0.15) is 4.88 Å². The number of hydrogen-bond donors (Lipinski definition) is 1. The van der Waals surface area contributed by atoms with Crippen LogP contribution in [0.4, 0.5) is 5.69 Å². The van der Waals surface area contributed by atoms with Crippen LogP contribution in [-0.2, 0) is 4.79 Å². The Morgan fingerprint density at radius 2 is 2.10 bits per heavy atom. The molecule has 0 unspecified atom stereocenters. The van der Waals surface area contributed by atoms with Gasteiger partial charge in [-0.25, -0.2) is 0 Å². The number of thiophene rings is 1. The molecule has 1 amide bonds. The van der Waals surface area contributed by atoms with E-state index in [1.165, 1.54) is 22.7 Å². The molecular formula is C14H9NO2S3. The number of phenolic OH excluding ortho intramolecular Hbond substituents is 1. The van der Waals surface area contributed by atoms with Crippen molar-refractivity contribution in [2.75, 3.05) is 4.90 Å². The second kappa shape index (κ2) is 5.40. The molecule has 1 fully saturated rings. The minimum atomic E-state index is -0.154. The Kier molecular flexibility index (Phi) is 3.60. The van der Waals surface area contributed by atoms with Crippen LogP contribution < -0.4 is 4.90 Å². The first-order chi connectivity index (χ1) is 9.65. The predicted octanol–water partition coefficient (Wildman–Crippen LogP) is 3.86. The van der Waals surface area contributed by atoms with Gasteiger partial charge in [0.15, 0.2) is 4.32 Å². The van der Waals surface area contributed by atoms with Crippen LogP contribution in [0, 0.1) is 0 Å². The van der Waals surface area contributed by atoms with Crippen molar-refractivity contribution in [3.05, 3.63) is 51.6 Å². The maximum atomic E-state index is 12.4. The molecule has 2 heterocycles. The van der Waals surface area contributed by atoms with Crippen LogP contribution in [0.25, 0.3) is 6.08 Å². The number of thiocarbonyl (C=S) groups is 1. The Hall–Kier alpha value is -1.63. The van der Waals surface area contributed by atoms with Crippen LogP contribution in [0.3, 0.4) is 0 Å². The maximum absolute atomic E-state index is 12.4. The molecule has 2 aromatic rings. The summed E-state index contributed by atoms with van der Waals surface area (Å²) < 4.78 is 0.475. The Morgan fingerprint density at radius 3 is 2.80 bits per heavy atom. The van der Waals surface area contributed by atoms with Crippen LogP contribution >= 0.6 is 35.3 Å². The van der Waals surface area contributed by atoms with Crippen molar-refractivity contribution in [3.63, 3.8) is 0 Å². The number of phenols is 1. The molecule has 0 radical (unpaired) electrons. The van der Waals surface area contributed by atoms with Gasteiger partial charge in [0.1, 0.15) is 5.75 Å². The summed E-state index contributed by atoms with van der Waals surface area (Å²) in [5, 5.41) is 11.5. The van der Waals surface area contributed by atoms with Gasteiger partial charge in [-0.1, -0.05) is 36.1 Å². The highest BCUT2D eigenvalue weighted by Gasteiger charge is 2.33. The van der Waals surface area contributed by atoms with Gasteiger partial charge in [0.25, 0.3) is 5.91 Å². The van der Waals surface area contributed by atoms with Gasteiger partial charge in [0.05, 0.1) is 10.6 Å². The Bertz CT molecular complexity index is 707. The highest BCUT2D eigenvalue weighted by atomic mass is 32.2. The molecule has 0 spiro atoms. The average molecular weight is 319 g/mol. The van der Waals surface area contributed by atoms with Crippen molar-refractivity contribution in [3.8, 4) is 5.75 Å². The number of thioether (sulfide) groups is 1. The number of carbonyl (C=O) groups excluding carboxylic acids is 1. The third kappa shape index (κ3) is 2.49. The molecule has 100 valence electrons. The van der Waals surface area contributed by atoms with Crippen LogP contribution in [0.5, 0.6) is 5.75 Å². The van der Waals surface area contributed by atoms with Crippen LogP contribution in [0.15, 0.2) is 46.7 Å². The lowest BCUT2D eigenvalue weighted by molar-refractivity contribution is -0.113. The molecule has 3 nitrogen and oxygen atoms in total. The number of nitrogens with zero attached hydrogens (tertiary/aromatic N) is 1. The highest BCUT2D eigenvalue weighted by molar-refractivity contribution is 8.27. The topological polar surface area (TPSA) is 40.5 Å². The van der Waals surface area contributed by atoms with E-state index in [0.717, 1.165) is 4.88 Å². The second-order valence-corrected chi connectivity index (χ2v) is 6.71. The smallest absolute Gasteiger partial charge is 0.270 e. The lowest BCUT2D eigenvalue weighted by atomic mass is 10.2. The fourth-order valence-electron chi connectivity index (χ4n) is 1.83. The van der Waals surface area contributed by atoms with E-state index in [1.807, 2.05) is 23.6 Å². The van der Waals surface area contributed by atoms with Gasteiger partial charge in [-0.2, -0.15) is 0 Å². The normalized spacial score (nSPS) is 17.2. The molecule has 1 aromatic carbocycles. The molecule has 0 aliphatic carbocycles. The van der Waals surface area contributed by atoms with Gasteiger partial charge in [0.2, 0.25) is 0 Å². The number of anilines is 1. The van der Waals surface area contributed by atoms with E-state index in [1.54, 1.807) is 29.5 Å². The molecule has 6 heteroatoms. The quantitative estimate of drug-likeness (QED) is 0.674. The second-order valence-electron chi connectivity index (χ2n) is 4.05. The maximum Gasteiger partial charge on any atom is 0.270 e. The Balaban J connectivity index is 1.95. The van der Waals surface area contributed by atoms with E-state index in [0.29, 0.717) is 14.9 Å². The summed E-state index contributed by atoms with van der Waals surface area (Å²) >= 11 is 8.11. The average Bonchev–Trinajstić information content (AvgIpc) is 2.99. The molecule has 1 N–H and O–H groups in total. The van der Waals surface area contributed by atoms with Crippen LogP contribution in [0.2, 0.25) is 0 Å². The lowest BCUT2D eigenvalue weighted by Gasteiger charge is -2.14. The fourth-order valence-corrected chi connectivity index (χ4v) is 3.85. The highest BCUT2D eigenvalue weighted by Crippen LogP contribution is 2.37. The van der Waals surface area contributed by atoms with E-state index < -0.39 is 0 Å². The van der Waals surface area contributed by atoms with Crippen LogP contribution in [-0.4, -0.2) is 15.3 Å². The predicted molar refractivity (Wildman–Crippen MR) is 88.1 cm³/mol. The minimum absolute atomic E-state index is 0.110. The molecule has 1 aromatic heterocycles. The van der Waals surface area contributed by atoms with Crippen molar-refractivity contribution in [1.29, 1.82) is 0 Å². The molecule has 0 atom stereocenters. The molecule has 1 saturated heterocycles. The van der Waals surface area contributed by atoms with Crippen molar-refractivity contribution >= 4 is 57.3 Å². The third-order valence-electron chi connectivity index (χ3n) is 2.70. The monoisotopic (exact) mass is 319 g/mol. The van der Waals surface area contributed by atoms with Gasteiger partial charge in [-0.15, -0.1) is 11.3 Å². The zero-order valence-corrected chi connectivity index (χ0v) is 12.6. The molecule has 0 bridgehead atoms. The Labute approximate surface area is 129 Å². The van der Waals surface area contributed by atoms with E-state index in [2.05, 4.69) is 0 Å². The zero-order valence-electron chi connectivity index (χ0n) is 10.1. The van der Waals surface area contributed by atoms with Crippen molar-refractivity contribution < 1.29 is 9.90 Å². The first kappa shape index (κ1) is 13.4. The summed E-state index contributed by atoms with van der Waals surface area (Å²) in [6.45, 7) is 0. The van der Waals surface area contributed by atoms with Gasteiger partial charge in [-0.3, -0.25) is 9.69 Å². The molecule has 3 rings (SSSR count). The third-order valence-corrected chi connectivity index (χ3v) is 4.82. The van der Waals surface area contributed by atoms with Gasteiger partial charge in [-0.05, 0) is 29.7 Å². The summed E-state index contributed by atoms with van der Waals surface area (Å²) in [5.41, 5.74) is 0.585. The van der Waals surface area contributed by atoms with Gasteiger partial charge in [0, 0.05) is 10.9 Å². The van der Waals surface area contributed by atoms with E-state index in [9.17, 15) is 9.90 Å². The number of rotatable bonds is 2. The van der Waals surface area contributed by atoms with E-state index in [4.69, 9.17) is 12.2 Å². The van der Waals surface area contributed by atoms with Crippen molar-refractivity contribution in [2.24, 2.45) is 0 Å². The summed E-state index contributed by atoms with van der Waals surface area (Å²) in [6.07, 6.45) is 1.84. The molecule has 20 heavy (non-hydrogen) atoms. The summed E-state index contributed by atoms with van der Waals surface area (Å²) in [5.74, 6) is -0.0437. The first-order valence-corrected chi connectivity index (χ1v) is 7.86. The Morgan fingerprint density at radius 1 is 1.25 bits per heavy atom. The lowest BCUT2D eigenvalue weighted by Crippen LogP contribution is -2.27. The molecule has 1 aliphatic rings. The summed E-state index contributed by atoms with van der Waals surface area (Å²) in [7, 11) is 0. The van der Waals surface area contributed by atoms with Gasteiger partial charge < -0.3 is 5.11 Å². The van der Waals surface area contributed by atoms with Crippen molar-refractivity contribution in [1.82, 2.24) is 0 Å². The van der Waals surface area contributed by atoms with Crippen molar-refractivity contribution in [2.45, 2.75) is 0 Å². The molecule has 1 aliphatic heterocycles. The number of hydrogen-bond acceptors (Lipinski definition) is 5. The fraction of sp³-hybridized carbons (Fsp3) is 0.